The Labute approximate surface area is 238 Å². The fraction of sp³-hybridized carbons (Fsp3) is 0.448. The van der Waals surface area contributed by atoms with Gasteiger partial charge in [0.05, 0.1) is 22.3 Å². The van der Waals surface area contributed by atoms with E-state index in [-0.39, 0.29) is 21.5 Å². The molecule has 0 spiro atoms. The van der Waals surface area contributed by atoms with Crippen molar-refractivity contribution in [2.24, 2.45) is 0 Å². The van der Waals surface area contributed by atoms with Crippen LogP contribution >= 0.6 is 0 Å². The van der Waals surface area contributed by atoms with Crippen LogP contribution in [-0.2, 0) is 14.6 Å². The molecular weight excluding hydrogens is 542 g/mol. The summed E-state index contributed by atoms with van der Waals surface area (Å²) < 4.78 is 28.6. The van der Waals surface area contributed by atoms with Gasteiger partial charge in [-0.05, 0) is 62.9 Å². The molecule has 1 aliphatic heterocycles. The summed E-state index contributed by atoms with van der Waals surface area (Å²) in [6.45, 7) is 7.12. The van der Waals surface area contributed by atoms with Gasteiger partial charge in [-0.15, -0.1) is 5.10 Å². The molecule has 3 heterocycles. The minimum atomic E-state index is -4.03. The molecule has 12 heteroatoms. The van der Waals surface area contributed by atoms with Crippen LogP contribution in [0.1, 0.15) is 43.2 Å². The molecule has 1 saturated heterocycles. The van der Waals surface area contributed by atoms with Gasteiger partial charge in [0.1, 0.15) is 0 Å². The molecule has 1 aliphatic carbocycles. The number of hydrogen-bond acceptors (Lipinski definition) is 8. The fourth-order valence-corrected chi connectivity index (χ4v) is 7.59. The van der Waals surface area contributed by atoms with Crippen molar-refractivity contribution in [3.05, 3.63) is 57.9 Å². The number of benzene rings is 2. The van der Waals surface area contributed by atoms with Crippen LogP contribution in [0.25, 0.3) is 16.6 Å². The van der Waals surface area contributed by atoms with E-state index < -0.39 is 15.4 Å². The van der Waals surface area contributed by atoms with Gasteiger partial charge >= 0.3 is 0 Å². The summed E-state index contributed by atoms with van der Waals surface area (Å²) in [6.07, 6.45) is 5.41. The molecule has 4 aromatic rings. The maximum atomic E-state index is 13.6. The van der Waals surface area contributed by atoms with Gasteiger partial charge in [0.25, 0.3) is 5.56 Å². The highest BCUT2D eigenvalue weighted by molar-refractivity contribution is 7.91. The number of anilines is 1. The minimum absolute atomic E-state index is 0.0325. The van der Waals surface area contributed by atoms with E-state index in [1.54, 1.807) is 31.2 Å². The largest absolute Gasteiger partial charge is 0.370 e. The summed E-state index contributed by atoms with van der Waals surface area (Å²) in [5.41, 5.74) is 2.41. The van der Waals surface area contributed by atoms with Crippen LogP contribution in [0.4, 0.5) is 5.69 Å². The summed E-state index contributed by atoms with van der Waals surface area (Å²) in [4.78, 5) is 34.2. The summed E-state index contributed by atoms with van der Waals surface area (Å²) in [5, 5.41) is 10.2. The second-order valence-electron chi connectivity index (χ2n) is 11.2. The first-order valence-corrected chi connectivity index (χ1v) is 15.7. The van der Waals surface area contributed by atoms with Gasteiger partial charge in [-0.2, -0.15) is 4.98 Å². The highest BCUT2D eigenvalue weighted by Crippen LogP contribution is 2.28. The number of nitrogens with one attached hydrogen (secondary N) is 2. The number of amides is 1. The average Bonchev–Trinajstić information content (AvgIpc) is 3.54. The first-order valence-electron chi connectivity index (χ1n) is 14.2. The van der Waals surface area contributed by atoms with Crippen LogP contribution in [0.3, 0.4) is 0 Å². The van der Waals surface area contributed by atoms with Gasteiger partial charge in [-0.25, -0.2) is 18.1 Å². The van der Waals surface area contributed by atoms with Crippen molar-refractivity contribution in [3.63, 3.8) is 0 Å². The molecule has 216 valence electrons. The SMILES string of the molecule is Cc1ccc(S(=O)(=O)c2n[nH]n3c2nc(=O)c2ccc(N4CCCN(CC(=O)NC5CCCC5)CC4)cc23)c(C)c1. The zero-order valence-corrected chi connectivity index (χ0v) is 24.2. The summed E-state index contributed by atoms with van der Waals surface area (Å²) in [6, 6.07) is 10.9. The maximum Gasteiger partial charge on any atom is 0.281 e. The Kier molecular flexibility index (Phi) is 7.28. The Balaban J connectivity index is 1.27. The van der Waals surface area contributed by atoms with Gasteiger partial charge in [0.2, 0.25) is 20.8 Å². The summed E-state index contributed by atoms with van der Waals surface area (Å²) in [7, 11) is -4.03. The zero-order valence-electron chi connectivity index (χ0n) is 23.4. The van der Waals surface area contributed by atoms with E-state index in [0.29, 0.717) is 29.1 Å². The number of aromatic amines is 1. The molecule has 2 fully saturated rings. The van der Waals surface area contributed by atoms with E-state index in [1.165, 1.54) is 17.4 Å². The molecule has 2 aromatic heterocycles. The number of hydrogen-bond donors (Lipinski definition) is 2. The van der Waals surface area contributed by atoms with E-state index in [2.05, 4.69) is 30.4 Å². The molecule has 0 atom stereocenters. The lowest BCUT2D eigenvalue weighted by molar-refractivity contribution is -0.122. The summed E-state index contributed by atoms with van der Waals surface area (Å²) in [5.74, 6) is 0.0937. The fourth-order valence-electron chi connectivity index (χ4n) is 6.11. The molecule has 2 N–H and O–H groups in total. The average molecular weight is 578 g/mol. The minimum Gasteiger partial charge on any atom is -0.370 e. The number of nitrogens with zero attached hydrogens (tertiary/aromatic N) is 5. The van der Waals surface area contributed by atoms with Gasteiger partial charge in [-0.1, -0.05) is 30.5 Å². The lowest BCUT2D eigenvalue weighted by Crippen LogP contribution is -2.42. The monoisotopic (exact) mass is 577 g/mol. The van der Waals surface area contributed by atoms with Crippen molar-refractivity contribution in [3.8, 4) is 0 Å². The van der Waals surface area contributed by atoms with Crippen LogP contribution in [-0.4, -0.2) is 77.8 Å². The first-order chi connectivity index (χ1) is 19.7. The Bertz CT molecular complexity index is 1790. The van der Waals surface area contributed by atoms with Crippen LogP contribution < -0.4 is 15.8 Å². The number of aromatic nitrogens is 4. The second-order valence-corrected chi connectivity index (χ2v) is 13.1. The zero-order chi connectivity index (χ0) is 28.7. The topological polar surface area (TPSA) is 133 Å². The Morgan fingerprint density at radius 2 is 1.83 bits per heavy atom. The highest BCUT2D eigenvalue weighted by Gasteiger charge is 2.28. The number of H-pyrrole nitrogens is 1. The third-order valence-electron chi connectivity index (χ3n) is 8.23. The van der Waals surface area contributed by atoms with Crippen molar-refractivity contribution in [2.45, 2.75) is 61.9 Å². The van der Waals surface area contributed by atoms with Gasteiger partial charge in [0.15, 0.2) is 5.65 Å². The number of aryl methyl sites for hydroxylation is 2. The molecular formula is C29H35N7O4S. The predicted molar refractivity (Wildman–Crippen MR) is 156 cm³/mol. The first kappa shape index (κ1) is 27.4. The number of carbonyl (C=O) groups excluding carboxylic acids is 1. The Morgan fingerprint density at radius 3 is 2.61 bits per heavy atom. The van der Waals surface area contributed by atoms with Crippen molar-refractivity contribution in [1.82, 2.24) is 30.0 Å². The normalized spacial score (nSPS) is 17.4. The number of fused-ring (bicyclic) bond motifs is 3. The third-order valence-corrected chi connectivity index (χ3v) is 10.1. The van der Waals surface area contributed by atoms with Crippen LogP contribution in [0.5, 0.6) is 0 Å². The quantitative estimate of drug-likeness (QED) is 0.357. The van der Waals surface area contributed by atoms with Crippen molar-refractivity contribution in [2.75, 3.05) is 37.6 Å². The van der Waals surface area contributed by atoms with Crippen molar-refractivity contribution < 1.29 is 13.2 Å². The molecule has 2 aliphatic rings. The highest BCUT2D eigenvalue weighted by atomic mass is 32.2. The number of carbonyl (C=O) groups is 1. The van der Waals surface area contributed by atoms with Crippen LogP contribution in [0, 0.1) is 13.8 Å². The molecule has 0 radical (unpaired) electrons. The van der Waals surface area contributed by atoms with Crippen molar-refractivity contribution in [1.29, 1.82) is 0 Å². The molecule has 0 unspecified atom stereocenters. The maximum absolute atomic E-state index is 13.6. The molecule has 1 amide bonds. The Morgan fingerprint density at radius 1 is 1.02 bits per heavy atom. The van der Waals surface area contributed by atoms with E-state index in [1.807, 2.05) is 19.1 Å². The van der Waals surface area contributed by atoms with Gasteiger partial charge in [-0.3, -0.25) is 14.5 Å². The lowest BCUT2D eigenvalue weighted by Gasteiger charge is -2.24. The van der Waals surface area contributed by atoms with E-state index >= 15 is 0 Å². The van der Waals surface area contributed by atoms with Crippen molar-refractivity contribution >= 4 is 38.0 Å². The molecule has 41 heavy (non-hydrogen) atoms. The molecule has 6 rings (SSSR count). The predicted octanol–water partition coefficient (Wildman–Crippen LogP) is 2.59. The van der Waals surface area contributed by atoms with Gasteiger partial charge in [0, 0.05) is 37.9 Å². The molecule has 1 saturated carbocycles. The van der Waals surface area contributed by atoms with Crippen LogP contribution in [0.15, 0.2) is 51.1 Å². The van der Waals surface area contributed by atoms with Crippen LogP contribution in [0.2, 0.25) is 0 Å². The molecule has 11 nitrogen and oxygen atoms in total. The van der Waals surface area contributed by atoms with E-state index in [4.69, 9.17) is 0 Å². The Hall–Kier alpha value is -3.77. The smallest absolute Gasteiger partial charge is 0.281 e. The number of sulfone groups is 1. The second kappa shape index (κ2) is 10.9. The molecule has 2 aromatic carbocycles. The van der Waals surface area contributed by atoms with E-state index in [9.17, 15) is 18.0 Å². The lowest BCUT2D eigenvalue weighted by atomic mass is 10.2. The van der Waals surface area contributed by atoms with Gasteiger partial charge < -0.3 is 10.2 Å². The number of rotatable bonds is 6. The van der Waals surface area contributed by atoms with E-state index in [0.717, 1.165) is 56.7 Å². The third kappa shape index (κ3) is 5.33. The molecule has 0 bridgehead atoms. The standard InChI is InChI=1S/C29H35N7O4S/c1-19-8-11-25(20(2)16-19)41(39,40)29-27-31-28(38)23-10-9-22(17-24(23)36(27)33-32-29)35-13-5-12-34(14-15-35)18-26(37)30-21-6-3-4-7-21/h8-11,16-17,21,33H,3-7,12-15,18H2,1-2H3,(H,30,37). The summed E-state index contributed by atoms with van der Waals surface area (Å²) >= 11 is 0.